The molecule has 0 bridgehead atoms. The Kier molecular flexibility index (Phi) is 4.05. The minimum atomic E-state index is -3.97. The van der Waals surface area contributed by atoms with Crippen LogP contribution in [-0.2, 0) is 16.7 Å². The molecule has 2 N–H and O–H groups in total. The van der Waals surface area contributed by atoms with Gasteiger partial charge in [0.15, 0.2) is 12.4 Å². The molecule has 0 spiro atoms. The Morgan fingerprint density at radius 3 is 2.87 bits per heavy atom. The Morgan fingerprint density at radius 2 is 2.27 bits per heavy atom. The molecule has 0 aromatic carbocycles. The Bertz CT molecular complexity index is 417. The van der Waals surface area contributed by atoms with Gasteiger partial charge in [-0.15, -0.1) is 0 Å². The first kappa shape index (κ1) is 11.9. The Hall–Kier alpha value is -1.14. The molecule has 84 valence electrons. The van der Waals surface area contributed by atoms with Gasteiger partial charge in [-0.1, -0.05) is 6.92 Å². The minimum absolute atomic E-state index is 0.469. The third-order valence-electron chi connectivity index (χ3n) is 1.80. The van der Waals surface area contributed by atoms with Gasteiger partial charge in [0.2, 0.25) is 0 Å². The van der Waals surface area contributed by atoms with Crippen molar-refractivity contribution in [2.75, 3.05) is 11.2 Å². The smallest absolute Gasteiger partial charge is 0.283 e. The molecule has 0 aliphatic carbocycles. The second-order valence-electron chi connectivity index (χ2n) is 3.23. The number of rotatable bonds is 5. The second kappa shape index (κ2) is 5.09. The molecule has 0 atom stereocenters. The first-order valence-corrected chi connectivity index (χ1v) is 6.30. The van der Waals surface area contributed by atoms with Crippen LogP contribution in [0.1, 0.15) is 13.3 Å². The standard InChI is InChI=1S/C9H14N2O3S/c1-2-5-11-6-3-4-9(7-11)10-8-15(12,13)14/h3-4,6-7,10H,2,5,8H2,1H3/p+1. The van der Waals surface area contributed by atoms with Gasteiger partial charge in [0, 0.05) is 12.5 Å². The van der Waals surface area contributed by atoms with Crippen LogP contribution in [0.25, 0.3) is 0 Å². The third kappa shape index (κ3) is 4.75. The fourth-order valence-corrected chi connectivity index (χ4v) is 1.55. The highest BCUT2D eigenvalue weighted by Crippen LogP contribution is 2.02. The fraction of sp³-hybridized carbons (Fsp3) is 0.444. The Balaban J connectivity index is 2.65. The molecule has 0 saturated carbocycles. The Labute approximate surface area is 89.5 Å². The van der Waals surface area contributed by atoms with Gasteiger partial charge in [-0.2, -0.15) is 8.42 Å². The summed E-state index contributed by atoms with van der Waals surface area (Å²) >= 11 is 0. The van der Waals surface area contributed by atoms with Crippen LogP contribution in [0.3, 0.4) is 0 Å². The van der Waals surface area contributed by atoms with E-state index in [2.05, 4.69) is 12.2 Å². The average molecular weight is 231 g/mol. The lowest BCUT2D eigenvalue weighted by molar-refractivity contribution is -0.696. The number of aromatic nitrogens is 1. The lowest BCUT2D eigenvalue weighted by Crippen LogP contribution is -2.32. The largest absolute Gasteiger partial charge is 0.365 e. The molecule has 0 fully saturated rings. The first-order chi connectivity index (χ1) is 7.01. The highest BCUT2D eigenvalue weighted by molar-refractivity contribution is 7.85. The van der Waals surface area contributed by atoms with Crippen LogP contribution >= 0.6 is 0 Å². The molecule has 1 aromatic heterocycles. The fourth-order valence-electron chi connectivity index (χ4n) is 1.20. The number of pyridine rings is 1. The lowest BCUT2D eigenvalue weighted by Gasteiger charge is -2.02. The minimum Gasteiger partial charge on any atom is -0.365 e. The number of hydrogen-bond acceptors (Lipinski definition) is 3. The maximum atomic E-state index is 10.5. The molecule has 0 unspecified atom stereocenters. The molecule has 1 rings (SSSR count). The summed E-state index contributed by atoms with van der Waals surface area (Å²) in [5.74, 6) is -0.469. The van der Waals surface area contributed by atoms with Crippen molar-refractivity contribution in [1.82, 2.24) is 0 Å². The van der Waals surface area contributed by atoms with E-state index in [1.807, 2.05) is 16.8 Å². The molecule has 5 nitrogen and oxygen atoms in total. The Morgan fingerprint density at radius 1 is 1.53 bits per heavy atom. The molecule has 0 aliphatic rings. The van der Waals surface area contributed by atoms with Gasteiger partial charge in [0.05, 0.1) is 5.69 Å². The zero-order valence-corrected chi connectivity index (χ0v) is 9.37. The van der Waals surface area contributed by atoms with Gasteiger partial charge >= 0.3 is 0 Å². The molecule has 15 heavy (non-hydrogen) atoms. The first-order valence-electron chi connectivity index (χ1n) is 4.69. The summed E-state index contributed by atoms with van der Waals surface area (Å²) in [6.07, 6.45) is 4.71. The molecular weight excluding hydrogens is 216 g/mol. The van der Waals surface area contributed by atoms with Crippen LogP contribution in [0.2, 0.25) is 0 Å². The summed E-state index contributed by atoms with van der Waals surface area (Å²) in [6.45, 7) is 2.94. The van der Waals surface area contributed by atoms with E-state index in [0.29, 0.717) is 5.69 Å². The summed E-state index contributed by atoms with van der Waals surface area (Å²) in [7, 11) is -3.97. The predicted molar refractivity (Wildman–Crippen MR) is 57.0 cm³/mol. The number of aryl methyl sites for hydroxylation is 1. The summed E-state index contributed by atoms with van der Waals surface area (Å²) in [6, 6.07) is 3.57. The van der Waals surface area contributed by atoms with E-state index in [0.717, 1.165) is 13.0 Å². The van der Waals surface area contributed by atoms with Crippen LogP contribution in [0.5, 0.6) is 0 Å². The van der Waals surface area contributed by atoms with Crippen molar-refractivity contribution in [3.05, 3.63) is 24.5 Å². The maximum absolute atomic E-state index is 10.5. The van der Waals surface area contributed by atoms with E-state index < -0.39 is 16.0 Å². The molecule has 1 aromatic rings. The summed E-state index contributed by atoms with van der Waals surface area (Å²) in [4.78, 5) is 0. The van der Waals surface area contributed by atoms with Gasteiger partial charge in [-0.05, 0) is 6.07 Å². The molecule has 0 aliphatic heterocycles. The van der Waals surface area contributed by atoms with E-state index in [-0.39, 0.29) is 0 Å². The quantitative estimate of drug-likeness (QED) is 0.576. The van der Waals surface area contributed by atoms with Crippen LogP contribution in [0.15, 0.2) is 24.5 Å². The van der Waals surface area contributed by atoms with Crippen molar-refractivity contribution in [2.24, 2.45) is 0 Å². The maximum Gasteiger partial charge on any atom is 0.283 e. The van der Waals surface area contributed by atoms with E-state index in [1.165, 1.54) is 0 Å². The summed E-state index contributed by atoms with van der Waals surface area (Å²) in [5, 5.41) is 2.62. The van der Waals surface area contributed by atoms with Gasteiger partial charge in [0.25, 0.3) is 10.1 Å². The summed E-state index contributed by atoms with van der Waals surface area (Å²) in [5.41, 5.74) is 0.670. The highest BCUT2D eigenvalue weighted by atomic mass is 32.2. The lowest BCUT2D eigenvalue weighted by atomic mass is 10.4. The molecular formula is C9H15N2O3S+. The van der Waals surface area contributed by atoms with Crippen LogP contribution in [0, 0.1) is 0 Å². The third-order valence-corrected chi connectivity index (χ3v) is 2.31. The van der Waals surface area contributed by atoms with Crippen molar-refractivity contribution in [1.29, 1.82) is 0 Å². The molecule has 0 saturated heterocycles. The molecule has 1 heterocycles. The number of nitrogens with zero attached hydrogens (tertiary/aromatic N) is 1. The zero-order valence-electron chi connectivity index (χ0n) is 8.55. The predicted octanol–water partition coefficient (Wildman–Crippen LogP) is 0.641. The van der Waals surface area contributed by atoms with Crippen LogP contribution in [-0.4, -0.2) is 18.8 Å². The van der Waals surface area contributed by atoms with Crippen molar-refractivity contribution in [2.45, 2.75) is 19.9 Å². The average Bonchev–Trinajstić information content (AvgIpc) is 2.15. The SMILES string of the molecule is CCC[n+]1cccc(NCS(=O)(=O)O)c1. The van der Waals surface area contributed by atoms with Gasteiger partial charge < -0.3 is 5.32 Å². The van der Waals surface area contributed by atoms with Gasteiger partial charge in [-0.25, -0.2) is 4.57 Å². The summed E-state index contributed by atoms with van der Waals surface area (Å²) < 4.78 is 31.5. The van der Waals surface area contributed by atoms with E-state index >= 15 is 0 Å². The second-order valence-corrected chi connectivity index (χ2v) is 4.69. The van der Waals surface area contributed by atoms with Crippen molar-refractivity contribution in [3.63, 3.8) is 0 Å². The van der Waals surface area contributed by atoms with Gasteiger partial charge in [0.1, 0.15) is 12.4 Å². The topological polar surface area (TPSA) is 70.3 Å². The van der Waals surface area contributed by atoms with Crippen LogP contribution in [0.4, 0.5) is 5.69 Å². The van der Waals surface area contributed by atoms with E-state index in [1.54, 1.807) is 12.3 Å². The van der Waals surface area contributed by atoms with Gasteiger partial charge in [-0.3, -0.25) is 4.55 Å². The van der Waals surface area contributed by atoms with E-state index in [4.69, 9.17) is 4.55 Å². The number of nitrogens with one attached hydrogen (secondary N) is 1. The van der Waals surface area contributed by atoms with Crippen molar-refractivity contribution < 1.29 is 17.5 Å². The monoisotopic (exact) mass is 231 g/mol. The zero-order chi connectivity index (χ0) is 11.3. The normalized spacial score (nSPS) is 11.3. The molecule has 6 heteroatoms. The molecule has 0 amide bonds. The molecule has 0 radical (unpaired) electrons. The van der Waals surface area contributed by atoms with Crippen molar-refractivity contribution >= 4 is 15.8 Å². The van der Waals surface area contributed by atoms with Crippen molar-refractivity contribution in [3.8, 4) is 0 Å². The number of hydrogen-bond donors (Lipinski definition) is 2. The van der Waals surface area contributed by atoms with E-state index in [9.17, 15) is 8.42 Å². The highest BCUT2D eigenvalue weighted by Gasteiger charge is 2.06. The number of anilines is 1. The van der Waals surface area contributed by atoms with Crippen LogP contribution < -0.4 is 9.88 Å².